The Bertz CT molecular complexity index is 954. The Balaban J connectivity index is 1.51. The van der Waals surface area contributed by atoms with Crippen LogP contribution in [0.4, 0.5) is 17.3 Å². The predicted molar refractivity (Wildman–Crippen MR) is 111 cm³/mol. The van der Waals surface area contributed by atoms with Gasteiger partial charge >= 0.3 is 0 Å². The summed E-state index contributed by atoms with van der Waals surface area (Å²) in [6.45, 7) is 4.11. The number of piperazine rings is 1. The molecule has 0 saturated carbocycles. The number of fused-ring (bicyclic) bond motifs is 1. The molecule has 28 heavy (non-hydrogen) atoms. The van der Waals surface area contributed by atoms with Crippen molar-refractivity contribution in [1.82, 2.24) is 19.9 Å². The van der Waals surface area contributed by atoms with E-state index in [9.17, 15) is 0 Å². The van der Waals surface area contributed by atoms with E-state index in [1.165, 1.54) is 5.69 Å². The van der Waals surface area contributed by atoms with Crippen LogP contribution in [0.15, 0.2) is 36.8 Å². The molecule has 2 aromatic heterocycles. The molecule has 1 saturated heterocycles. The molecule has 1 aromatic carbocycles. The number of hydrogen-bond acceptors (Lipinski definition) is 8. The minimum absolute atomic E-state index is 0.432. The number of hydrogen-bond donors (Lipinski definition) is 0. The van der Waals surface area contributed by atoms with Crippen LogP contribution in [0.25, 0.3) is 10.9 Å². The molecule has 4 rings (SSSR count). The zero-order chi connectivity index (χ0) is 19.5. The minimum atomic E-state index is 0.432. The fourth-order valence-electron chi connectivity index (χ4n) is 3.54. The molecule has 0 amide bonds. The van der Waals surface area contributed by atoms with Crippen molar-refractivity contribution in [3.8, 4) is 0 Å². The molecule has 8 nitrogen and oxygen atoms in total. The summed E-state index contributed by atoms with van der Waals surface area (Å²) in [6, 6.07) is 8.38. The molecule has 0 atom stereocenters. The highest BCUT2D eigenvalue weighted by Crippen LogP contribution is 2.27. The van der Waals surface area contributed by atoms with Crippen molar-refractivity contribution in [2.75, 3.05) is 62.1 Å². The third-order valence-electron chi connectivity index (χ3n) is 4.95. The van der Waals surface area contributed by atoms with Gasteiger partial charge in [0.25, 0.3) is 0 Å². The van der Waals surface area contributed by atoms with Gasteiger partial charge in [-0.3, -0.25) is 0 Å². The number of ether oxygens (including phenoxy) is 1. The topological polar surface area (TPSA) is 70.5 Å². The summed E-state index contributed by atoms with van der Waals surface area (Å²) in [7, 11) is 5.67. The summed E-state index contributed by atoms with van der Waals surface area (Å²) in [5, 5.41) is 1.08. The van der Waals surface area contributed by atoms with Crippen molar-refractivity contribution in [3.05, 3.63) is 42.6 Å². The van der Waals surface area contributed by atoms with Gasteiger partial charge in [-0.15, -0.1) is 0 Å². The maximum Gasteiger partial charge on any atom is 0.156 e. The average Bonchev–Trinajstić information content (AvgIpc) is 2.73. The molecule has 146 valence electrons. The number of methoxy groups -OCH3 is 1. The predicted octanol–water partition coefficient (Wildman–Crippen LogP) is 1.96. The van der Waals surface area contributed by atoms with E-state index >= 15 is 0 Å². The first-order valence-electron chi connectivity index (χ1n) is 9.38. The standard InChI is InChI=1S/C20H25N7O/c1-25(2)20-16-12-15(4-5-17(16)22-14-23-20)26-8-10-27(11-9-26)19-6-7-21-18(24-19)13-28-3/h4-7,12,14H,8-11,13H2,1-3H3. The first kappa shape index (κ1) is 18.4. The van der Waals surface area contributed by atoms with Gasteiger partial charge < -0.3 is 19.4 Å². The highest BCUT2D eigenvalue weighted by atomic mass is 16.5. The molecule has 0 aliphatic carbocycles. The van der Waals surface area contributed by atoms with E-state index in [-0.39, 0.29) is 0 Å². The van der Waals surface area contributed by atoms with Crippen molar-refractivity contribution in [2.45, 2.75) is 6.61 Å². The van der Waals surface area contributed by atoms with Crippen molar-refractivity contribution in [1.29, 1.82) is 0 Å². The summed E-state index contributed by atoms with van der Waals surface area (Å²) >= 11 is 0. The molecule has 3 heterocycles. The quantitative estimate of drug-likeness (QED) is 0.666. The second-order valence-electron chi connectivity index (χ2n) is 7.03. The normalized spacial score (nSPS) is 14.5. The first-order chi connectivity index (χ1) is 13.7. The minimum Gasteiger partial charge on any atom is -0.377 e. The van der Waals surface area contributed by atoms with Crippen LogP contribution in [-0.4, -0.2) is 67.3 Å². The summed E-state index contributed by atoms with van der Waals surface area (Å²) in [4.78, 5) is 24.4. The lowest BCUT2D eigenvalue weighted by molar-refractivity contribution is 0.178. The summed E-state index contributed by atoms with van der Waals surface area (Å²) < 4.78 is 5.14. The Morgan fingerprint density at radius 2 is 1.79 bits per heavy atom. The van der Waals surface area contributed by atoms with Crippen LogP contribution >= 0.6 is 0 Å². The molecule has 0 spiro atoms. The van der Waals surface area contributed by atoms with Gasteiger partial charge in [-0.05, 0) is 24.3 Å². The van der Waals surface area contributed by atoms with E-state index in [2.05, 4.69) is 47.9 Å². The van der Waals surface area contributed by atoms with Crippen LogP contribution < -0.4 is 14.7 Å². The van der Waals surface area contributed by atoms with Crippen molar-refractivity contribution in [2.24, 2.45) is 0 Å². The Morgan fingerprint density at radius 3 is 2.54 bits per heavy atom. The fraction of sp³-hybridized carbons (Fsp3) is 0.400. The summed E-state index contributed by atoms with van der Waals surface area (Å²) in [5.74, 6) is 2.62. The second kappa shape index (κ2) is 7.93. The van der Waals surface area contributed by atoms with Gasteiger partial charge in [-0.2, -0.15) is 0 Å². The molecule has 0 unspecified atom stereocenters. The zero-order valence-corrected chi connectivity index (χ0v) is 16.5. The molecule has 0 N–H and O–H groups in total. The van der Waals surface area contributed by atoms with Crippen LogP contribution in [0.3, 0.4) is 0 Å². The molecule has 3 aromatic rings. The Hall–Kier alpha value is -3.00. The van der Waals surface area contributed by atoms with Gasteiger partial charge in [0.05, 0.1) is 5.52 Å². The van der Waals surface area contributed by atoms with Gasteiger partial charge in [-0.25, -0.2) is 19.9 Å². The molecular formula is C20H25N7O. The molecule has 0 bridgehead atoms. The van der Waals surface area contributed by atoms with Gasteiger partial charge in [0, 0.05) is 64.7 Å². The Labute approximate surface area is 164 Å². The molecule has 1 aliphatic rings. The van der Waals surface area contributed by atoms with Crippen molar-refractivity contribution < 1.29 is 4.74 Å². The van der Waals surface area contributed by atoms with E-state index in [4.69, 9.17) is 4.74 Å². The fourth-order valence-corrected chi connectivity index (χ4v) is 3.54. The number of aromatic nitrogens is 4. The van der Waals surface area contributed by atoms with Gasteiger partial charge in [0.15, 0.2) is 5.82 Å². The monoisotopic (exact) mass is 379 g/mol. The average molecular weight is 379 g/mol. The van der Waals surface area contributed by atoms with Gasteiger partial charge in [0.1, 0.15) is 24.6 Å². The SMILES string of the molecule is COCc1nccc(N2CCN(c3ccc4ncnc(N(C)C)c4c3)CC2)n1. The number of benzene rings is 1. The van der Waals surface area contributed by atoms with Crippen LogP contribution in [0.1, 0.15) is 5.82 Å². The Morgan fingerprint density at radius 1 is 1.00 bits per heavy atom. The van der Waals surface area contributed by atoms with Crippen LogP contribution in [0.5, 0.6) is 0 Å². The van der Waals surface area contributed by atoms with E-state index in [1.807, 2.05) is 25.1 Å². The zero-order valence-electron chi connectivity index (χ0n) is 16.5. The molecule has 1 fully saturated rings. The Kier molecular flexibility index (Phi) is 5.21. The van der Waals surface area contributed by atoms with Gasteiger partial charge in [-0.1, -0.05) is 0 Å². The highest BCUT2D eigenvalue weighted by Gasteiger charge is 2.19. The van der Waals surface area contributed by atoms with Crippen LogP contribution in [0.2, 0.25) is 0 Å². The summed E-state index contributed by atoms with van der Waals surface area (Å²) in [6.07, 6.45) is 3.42. The van der Waals surface area contributed by atoms with Crippen LogP contribution in [-0.2, 0) is 11.3 Å². The van der Waals surface area contributed by atoms with E-state index < -0.39 is 0 Å². The third kappa shape index (κ3) is 3.68. The lowest BCUT2D eigenvalue weighted by Gasteiger charge is -2.37. The number of rotatable bonds is 5. The molecule has 0 radical (unpaired) electrons. The van der Waals surface area contributed by atoms with Crippen LogP contribution in [0, 0.1) is 0 Å². The highest BCUT2D eigenvalue weighted by molar-refractivity contribution is 5.91. The van der Waals surface area contributed by atoms with E-state index in [0.29, 0.717) is 12.4 Å². The van der Waals surface area contributed by atoms with E-state index in [0.717, 1.165) is 48.7 Å². The van der Waals surface area contributed by atoms with Crippen molar-refractivity contribution in [3.63, 3.8) is 0 Å². The van der Waals surface area contributed by atoms with E-state index in [1.54, 1.807) is 19.6 Å². The third-order valence-corrected chi connectivity index (χ3v) is 4.95. The van der Waals surface area contributed by atoms with Crippen molar-refractivity contribution >= 4 is 28.2 Å². The molecule has 8 heteroatoms. The molecular weight excluding hydrogens is 354 g/mol. The number of nitrogens with zero attached hydrogens (tertiary/aromatic N) is 7. The number of anilines is 3. The van der Waals surface area contributed by atoms with Gasteiger partial charge in [0.2, 0.25) is 0 Å². The molecule has 1 aliphatic heterocycles. The smallest absolute Gasteiger partial charge is 0.156 e. The second-order valence-corrected chi connectivity index (χ2v) is 7.03. The summed E-state index contributed by atoms with van der Waals surface area (Å²) in [5.41, 5.74) is 2.17. The maximum absolute atomic E-state index is 5.14. The maximum atomic E-state index is 5.14. The lowest BCUT2D eigenvalue weighted by atomic mass is 10.1. The largest absolute Gasteiger partial charge is 0.377 e. The lowest BCUT2D eigenvalue weighted by Crippen LogP contribution is -2.46. The first-order valence-corrected chi connectivity index (χ1v) is 9.38.